The molecule has 0 aliphatic heterocycles. The maximum absolute atomic E-state index is 8.98. The Balaban J connectivity index is 1.78. The van der Waals surface area contributed by atoms with Crippen LogP contribution in [0.3, 0.4) is 0 Å². The van der Waals surface area contributed by atoms with Gasteiger partial charge in [-0.2, -0.15) is 0 Å². The summed E-state index contributed by atoms with van der Waals surface area (Å²) in [5.41, 5.74) is 1.45. The highest BCUT2D eigenvalue weighted by molar-refractivity contribution is 9.10. The average Bonchev–Trinajstić information content (AvgIpc) is 2.33. The fourth-order valence-corrected chi connectivity index (χ4v) is 2.92. The summed E-state index contributed by atoms with van der Waals surface area (Å²) in [6.07, 6.45) is 4.42. The van der Waals surface area contributed by atoms with Crippen LogP contribution in [0, 0.1) is 0 Å². The van der Waals surface area contributed by atoms with Crippen LogP contribution in [0.2, 0.25) is 0 Å². The molecule has 1 aliphatic carbocycles. The van der Waals surface area contributed by atoms with Gasteiger partial charge in [0.1, 0.15) is 0 Å². The number of aliphatic hydroxyl groups excluding tert-OH is 1. The number of nitrogens with one attached hydrogen (secondary N) is 1. The SMILES string of the molecule is CCC(CCO)NC1CC(c2ccc(Br)cc2)C1. The minimum absolute atomic E-state index is 0.286. The van der Waals surface area contributed by atoms with Crippen LogP contribution in [0.5, 0.6) is 0 Å². The first-order valence-corrected chi connectivity index (χ1v) is 7.64. The number of benzene rings is 1. The summed E-state index contributed by atoms with van der Waals surface area (Å²) in [4.78, 5) is 0. The van der Waals surface area contributed by atoms with E-state index in [9.17, 15) is 0 Å². The molecule has 0 spiro atoms. The molecule has 0 amide bonds. The van der Waals surface area contributed by atoms with Crippen molar-refractivity contribution < 1.29 is 5.11 Å². The van der Waals surface area contributed by atoms with Gasteiger partial charge in [-0.1, -0.05) is 35.0 Å². The average molecular weight is 312 g/mol. The number of halogens is 1. The molecule has 0 radical (unpaired) electrons. The predicted molar refractivity (Wildman–Crippen MR) is 78.8 cm³/mol. The van der Waals surface area contributed by atoms with Crippen molar-refractivity contribution in [2.75, 3.05) is 6.61 Å². The molecule has 0 bridgehead atoms. The Morgan fingerprint density at radius 3 is 2.56 bits per heavy atom. The molecule has 3 heteroatoms. The fraction of sp³-hybridized carbons (Fsp3) is 0.600. The zero-order valence-electron chi connectivity index (χ0n) is 10.9. The van der Waals surface area contributed by atoms with Crippen LogP contribution in [0.1, 0.15) is 44.1 Å². The van der Waals surface area contributed by atoms with Gasteiger partial charge in [-0.05, 0) is 49.3 Å². The van der Waals surface area contributed by atoms with E-state index in [1.165, 1.54) is 18.4 Å². The zero-order chi connectivity index (χ0) is 13.0. The maximum atomic E-state index is 8.98. The third-order valence-electron chi connectivity index (χ3n) is 3.92. The quantitative estimate of drug-likeness (QED) is 0.843. The topological polar surface area (TPSA) is 32.3 Å². The van der Waals surface area contributed by atoms with E-state index in [2.05, 4.69) is 52.4 Å². The number of rotatable bonds is 6. The first-order valence-electron chi connectivity index (χ1n) is 6.85. The highest BCUT2D eigenvalue weighted by Gasteiger charge is 2.31. The van der Waals surface area contributed by atoms with Crippen molar-refractivity contribution in [1.29, 1.82) is 0 Å². The molecule has 1 aromatic carbocycles. The number of hydrogen-bond acceptors (Lipinski definition) is 2. The molecule has 2 rings (SSSR count). The first kappa shape index (κ1) is 14.0. The van der Waals surface area contributed by atoms with Gasteiger partial charge in [0.2, 0.25) is 0 Å². The molecule has 0 heterocycles. The Bertz CT molecular complexity index is 359. The lowest BCUT2D eigenvalue weighted by Gasteiger charge is -2.38. The Hall–Kier alpha value is -0.380. The summed E-state index contributed by atoms with van der Waals surface area (Å²) >= 11 is 3.47. The molecule has 1 unspecified atom stereocenters. The van der Waals surface area contributed by atoms with Gasteiger partial charge in [-0.25, -0.2) is 0 Å². The summed E-state index contributed by atoms with van der Waals surface area (Å²) in [6, 6.07) is 9.79. The van der Waals surface area contributed by atoms with Crippen LogP contribution in [0.15, 0.2) is 28.7 Å². The summed E-state index contributed by atoms with van der Waals surface area (Å²) in [7, 11) is 0. The van der Waals surface area contributed by atoms with Gasteiger partial charge >= 0.3 is 0 Å². The molecule has 18 heavy (non-hydrogen) atoms. The van der Waals surface area contributed by atoms with E-state index < -0.39 is 0 Å². The molecule has 2 N–H and O–H groups in total. The van der Waals surface area contributed by atoms with E-state index in [0.29, 0.717) is 18.0 Å². The van der Waals surface area contributed by atoms with Crippen LogP contribution in [0.25, 0.3) is 0 Å². The predicted octanol–water partition coefficient (Wildman–Crippen LogP) is 3.45. The minimum atomic E-state index is 0.286. The standard InChI is InChI=1S/C15H22BrNO/c1-2-14(7-8-18)17-15-9-12(10-15)11-3-5-13(16)6-4-11/h3-6,12,14-15,17-18H,2,7-10H2,1H3. The van der Waals surface area contributed by atoms with Crippen molar-refractivity contribution in [1.82, 2.24) is 5.32 Å². The van der Waals surface area contributed by atoms with Crippen LogP contribution < -0.4 is 5.32 Å². The zero-order valence-corrected chi connectivity index (χ0v) is 12.5. The Morgan fingerprint density at radius 2 is 2.00 bits per heavy atom. The second kappa shape index (κ2) is 6.69. The molecule has 1 saturated carbocycles. The minimum Gasteiger partial charge on any atom is -0.396 e. The second-order valence-corrected chi connectivity index (χ2v) is 6.12. The van der Waals surface area contributed by atoms with Gasteiger partial charge in [-0.15, -0.1) is 0 Å². The molecule has 2 nitrogen and oxygen atoms in total. The van der Waals surface area contributed by atoms with E-state index in [1.54, 1.807) is 0 Å². The molecule has 1 atom stereocenters. The van der Waals surface area contributed by atoms with Crippen molar-refractivity contribution in [3.8, 4) is 0 Å². The van der Waals surface area contributed by atoms with E-state index in [-0.39, 0.29) is 6.61 Å². The fourth-order valence-electron chi connectivity index (χ4n) is 2.66. The van der Waals surface area contributed by atoms with E-state index in [0.717, 1.165) is 17.3 Å². The lowest BCUT2D eigenvalue weighted by Crippen LogP contribution is -2.45. The van der Waals surface area contributed by atoms with E-state index in [4.69, 9.17) is 5.11 Å². The lowest BCUT2D eigenvalue weighted by atomic mass is 9.75. The molecule has 100 valence electrons. The lowest BCUT2D eigenvalue weighted by molar-refractivity contribution is 0.221. The van der Waals surface area contributed by atoms with Crippen molar-refractivity contribution >= 4 is 15.9 Å². The third-order valence-corrected chi connectivity index (χ3v) is 4.45. The van der Waals surface area contributed by atoms with Crippen molar-refractivity contribution in [2.45, 2.75) is 50.6 Å². The van der Waals surface area contributed by atoms with Gasteiger partial charge in [0.25, 0.3) is 0 Å². The molecule has 1 aliphatic rings. The molecular formula is C15H22BrNO. The van der Waals surface area contributed by atoms with Crippen molar-refractivity contribution in [3.05, 3.63) is 34.3 Å². The first-order chi connectivity index (χ1) is 8.72. The van der Waals surface area contributed by atoms with Gasteiger partial charge in [-0.3, -0.25) is 0 Å². The normalized spacial score (nSPS) is 24.6. The van der Waals surface area contributed by atoms with Gasteiger partial charge in [0.15, 0.2) is 0 Å². The molecule has 1 fully saturated rings. The van der Waals surface area contributed by atoms with Crippen LogP contribution in [0.4, 0.5) is 0 Å². The number of aliphatic hydroxyl groups is 1. The monoisotopic (exact) mass is 311 g/mol. The second-order valence-electron chi connectivity index (χ2n) is 5.20. The van der Waals surface area contributed by atoms with Gasteiger partial charge in [0, 0.05) is 23.2 Å². The summed E-state index contributed by atoms with van der Waals surface area (Å²) in [6.45, 7) is 2.46. The molecule has 1 aromatic rings. The highest BCUT2D eigenvalue weighted by Crippen LogP contribution is 2.37. The van der Waals surface area contributed by atoms with E-state index in [1.807, 2.05) is 0 Å². The summed E-state index contributed by atoms with van der Waals surface area (Å²) in [5, 5.41) is 12.6. The molecule has 0 aromatic heterocycles. The third kappa shape index (κ3) is 3.56. The van der Waals surface area contributed by atoms with Crippen LogP contribution in [-0.2, 0) is 0 Å². The van der Waals surface area contributed by atoms with Crippen molar-refractivity contribution in [2.24, 2.45) is 0 Å². The summed E-state index contributed by atoms with van der Waals surface area (Å²) < 4.78 is 1.15. The Morgan fingerprint density at radius 1 is 1.33 bits per heavy atom. The van der Waals surface area contributed by atoms with Gasteiger partial charge in [0.05, 0.1) is 0 Å². The van der Waals surface area contributed by atoms with Crippen LogP contribution in [-0.4, -0.2) is 23.8 Å². The molecule has 0 saturated heterocycles. The Kier molecular flexibility index (Phi) is 5.22. The van der Waals surface area contributed by atoms with E-state index >= 15 is 0 Å². The largest absolute Gasteiger partial charge is 0.396 e. The maximum Gasteiger partial charge on any atom is 0.0445 e. The summed E-state index contributed by atoms with van der Waals surface area (Å²) in [5.74, 6) is 0.710. The smallest absolute Gasteiger partial charge is 0.0445 e. The number of hydrogen-bond donors (Lipinski definition) is 2. The van der Waals surface area contributed by atoms with Crippen LogP contribution >= 0.6 is 15.9 Å². The Labute approximate surface area is 118 Å². The molecular weight excluding hydrogens is 290 g/mol. The van der Waals surface area contributed by atoms with Gasteiger partial charge < -0.3 is 10.4 Å². The van der Waals surface area contributed by atoms with Crippen molar-refractivity contribution in [3.63, 3.8) is 0 Å². The highest BCUT2D eigenvalue weighted by atomic mass is 79.9.